The number of nitrogens with zero attached hydrogens (tertiary/aromatic N) is 1. The molecule has 0 bridgehead atoms. The fraction of sp³-hybridized carbons (Fsp3) is 0.714. The molecule has 122 valence electrons. The van der Waals surface area contributed by atoms with E-state index in [1.165, 1.54) is 21.5 Å². The molecule has 1 aromatic rings. The number of hydrogen-bond donors (Lipinski definition) is 1. The Labute approximate surface area is 151 Å². The van der Waals surface area contributed by atoms with Crippen molar-refractivity contribution in [1.29, 1.82) is 0 Å². The first-order valence-electron chi connectivity index (χ1n) is 7.12. The van der Waals surface area contributed by atoms with E-state index in [4.69, 9.17) is 4.74 Å². The molecular weight excluding hydrogens is 395 g/mol. The van der Waals surface area contributed by atoms with Gasteiger partial charge in [0.1, 0.15) is 0 Å². The Morgan fingerprint density at radius 2 is 1.86 bits per heavy atom. The van der Waals surface area contributed by atoms with Gasteiger partial charge in [-0.2, -0.15) is 0 Å². The molecule has 0 saturated carbocycles. The fourth-order valence-electron chi connectivity index (χ4n) is 3.19. The molecule has 3 heterocycles. The fourth-order valence-corrected chi connectivity index (χ4v) is 4.84. The van der Waals surface area contributed by atoms with E-state index in [2.05, 4.69) is 38.3 Å². The summed E-state index contributed by atoms with van der Waals surface area (Å²) in [6, 6.07) is 5.08. The molecule has 2 fully saturated rings. The van der Waals surface area contributed by atoms with Crippen molar-refractivity contribution in [3.8, 4) is 0 Å². The normalized spacial score (nSPS) is 22.1. The lowest BCUT2D eigenvalue weighted by Crippen LogP contribution is -2.47. The van der Waals surface area contributed by atoms with Gasteiger partial charge in [-0.15, -0.1) is 36.2 Å². The average molecular weight is 418 g/mol. The SMILES string of the molecule is Brc1ccc([C@H](C2CCOCC2)N2CCNCC2)s1.Cl.Cl. The molecule has 0 amide bonds. The van der Waals surface area contributed by atoms with Crippen LogP contribution in [0, 0.1) is 5.92 Å². The summed E-state index contributed by atoms with van der Waals surface area (Å²) in [4.78, 5) is 4.19. The standard InChI is InChI=1S/C14H21BrN2OS.2ClH/c15-13-2-1-12(19-13)14(11-3-9-18-10-4-11)17-7-5-16-6-8-17;;/h1-2,11,14,16H,3-10H2;2*1H/t14-;;/m0../s1. The minimum Gasteiger partial charge on any atom is -0.381 e. The zero-order valence-corrected chi connectivity index (χ0v) is 16.0. The molecule has 1 atom stereocenters. The average Bonchev–Trinajstić information content (AvgIpc) is 2.88. The largest absolute Gasteiger partial charge is 0.381 e. The zero-order valence-electron chi connectivity index (χ0n) is 11.9. The van der Waals surface area contributed by atoms with Crippen LogP contribution >= 0.6 is 52.1 Å². The second kappa shape index (κ2) is 9.71. The smallest absolute Gasteiger partial charge is 0.0701 e. The number of hydrogen-bond acceptors (Lipinski definition) is 4. The molecule has 0 radical (unpaired) electrons. The second-order valence-corrected chi connectivity index (χ2v) is 7.82. The topological polar surface area (TPSA) is 24.5 Å². The maximum atomic E-state index is 5.54. The third-order valence-corrected chi connectivity index (χ3v) is 5.84. The van der Waals surface area contributed by atoms with E-state index in [1.54, 1.807) is 0 Å². The molecule has 2 saturated heterocycles. The summed E-state index contributed by atoms with van der Waals surface area (Å²) in [5.41, 5.74) is 0. The van der Waals surface area contributed by atoms with Crippen LogP contribution in [-0.2, 0) is 4.74 Å². The molecule has 0 unspecified atom stereocenters. The number of piperazine rings is 1. The van der Waals surface area contributed by atoms with E-state index in [1.807, 2.05) is 11.3 Å². The first kappa shape index (κ1) is 19.7. The van der Waals surface area contributed by atoms with E-state index in [9.17, 15) is 0 Å². The zero-order chi connectivity index (χ0) is 13.1. The molecule has 3 rings (SSSR count). The molecule has 2 aliphatic rings. The molecule has 0 aromatic carbocycles. The van der Waals surface area contributed by atoms with Crippen LogP contribution in [0.4, 0.5) is 0 Å². The van der Waals surface area contributed by atoms with Crippen molar-refractivity contribution in [2.75, 3.05) is 39.4 Å². The van der Waals surface area contributed by atoms with Gasteiger partial charge in [-0.1, -0.05) is 0 Å². The van der Waals surface area contributed by atoms with Gasteiger partial charge in [0.15, 0.2) is 0 Å². The summed E-state index contributed by atoms with van der Waals surface area (Å²) in [6.07, 6.45) is 2.40. The quantitative estimate of drug-likeness (QED) is 0.810. The highest BCUT2D eigenvalue weighted by atomic mass is 79.9. The number of thiophene rings is 1. The molecule has 1 N–H and O–H groups in total. The maximum Gasteiger partial charge on any atom is 0.0701 e. The van der Waals surface area contributed by atoms with E-state index in [0.29, 0.717) is 6.04 Å². The Bertz CT molecular complexity index is 391. The van der Waals surface area contributed by atoms with Crippen LogP contribution in [0.1, 0.15) is 23.8 Å². The van der Waals surface area contributed by atoms with Crippen LogP contribution in [-0.4, -0.2) is 44.3 Å². The van der Waals surface area contributed by atoms with Gasteiger partial charge in [-0.25, -0.2) is 0 Å². The lowest BCUT2D eigenvalue weighted by atomic mass is 9.89. The van der Waals surface area contributed by atoms with Gasteiger partial charge in [0.25, 0.3) is 0 Å². The van der Waals surface area contributed by atoms with Crippen molar-refractivity contribution in [3.05, 3.63) is 20.8 Å². The first-order valence-corrected chi connectivity index (χ1v) is 8.73. The van der Waals surface area contributed by atoms with Crippen LogP contribution in [0.25, 0.3) is 0 Å². The predicted octanol–water partition coefficient (Wildman–Crippen LogP) is 3.73. The molecule has 3 nitrogen and oxygen atoms in total. The summed E-state index contributed by atoms with van der Waals surface area (Å²) in [5.74, 6) is 0.748. The van der Waals surface area contributed by atoms with Gasteiger partial charge in [0.2, 0.25) is 0 Å². The highest BCUT2D eigenvalue weighted by Crippen LogP contribution is 2.39. The van der Waals surface area contributed by atoms with Crippen molar-refractivity contribution in [3.63, 3.8) is 0 Å². The summed E-state index contributed by atoms with van der Waals surface area (Å²) < 4.78 is 6.79. The van der Waals surface area contributed by atoms with Crippen LogP contribution in [0.15, 0.2) is 15.9 Å². The molecule has 0 aliphatic carbocycles. The third-order valence-electron chi connectivity index (χ3n) is 4.14. The van der Waals surface area contributed by atoms with Crippen molar-refractivity contribution >= 4 is 52.1 Å². The maximum absolute atomic E-state index is 5.54. The Morgan fingerprint density at radius 1 is 1.19 bits per heavy atom. The van der Waals surface area contributed by atoms with Crippen molar-refractivity contribution in [1.82, 2.24) is 10.2 Å². The molecule has 21 heavy (non-hydrogen) atoms. The van der Waals surface area contributed by atoms with Crippen LogP contribution in [0.5, 0.6) is 0 Å². The first-order chi connectivity index (χ1) is 9.34. The second-order valence-electron chi connectivity index (χ2n) is 5.32. The molecular formula is C14H23BrCl2N2OS. The van der Waals surface area contributed by atoms with Gasteiger partial charge in [0.05, 0.1) is 3.79 Å². The lowest BCUT2D eigenvalue weighted by molar-refractivity contribution is 0.0223. The van der Waals surface area contributed by atoms with Gasteiger partial charge < -0.3 is 10.1 Å². The van der Waals surface area contributed by atoms with Crippen molar-refractivity contribution in [2.24, 2.45) is 5.92 Å². The van der Waals surface area contributed by atoms with Crippen LogP contribution < -0.4 is 5.32 Å². The van der Waals surface area contributed by atoms with Crippen molar-refractivity contribution in [2.45, 2.75) is 18.9 Å². The lowest BCUT2D eigenvalue weighted by Gasteiger charge is -2.40. The minimum atomic E-state index is 0. The van der Waals surface area contributed by atoms with E-state index >= 15 is 0 Å². The highest BCUT2D eigenvalue weighted by molar-refractivity contribution is 9.11. The van der Waals surface area contributed by atoms with Gasteiger partial charge in [-0.05, 0) is 46.8 Å². The predicted molar refractivity (Wildman–Crippen MR) is 97.2 cm³/mol. The van der Waals surface area contributed by atoms with E-state index in [0.717, 1.165) is 45.3 Å². The third kappa shape index (κ3) is 5.06. The molecule has 0 spiro atoms. The Hall–Kier alpha value is 0.640. The summed E-state index contributed by atoms with van der Waals surface area (Å²) >= 11 is 5.51. The number of halogens is 3. The number of rotatable bonds is 3. The summed E-state index contributed by atoms with van der Waals surface area (Å²) in [6.45, 7) is 6.42. The van der Waals surface area contributed by atoms with Gasteiger partial charge in [0, 0.05) is 50.3 Å². The van der Waals surface area contributed by atoms with Crippen LogP contribution in [0.3, 0.4) is 0 Å². The van der Waals surface area contributed by atoms with Crippen molar-refractivity contribution < 1.29 is 4.74 Å². The Balaban J connectivity index is 0.00000110. The minimum absolute atomic E-state index is 0. The van der Waals surface area contributed by atoms with Gasteiger partial charge in [-0.3, -0.25) is 4.90 Å². The van der Waals surface area contributed by atoms with E-state index < -0.39 is 0 Å². The molecule has 2 aliphatic heterocycles. The van der Waals surface area contributed by atoms with Gasteiger partial charge >= 0.3 is 0 Å². The van der Waals surface area contributed by atoms with E-state index in [-0.39, 0.29) is 24.8 Å². The highest BCUT2D eigenvalue weighted by Gasteiger charge is 2.32. The Morgan fingerprint density at radius 3 is 2.43 bits per heavy atom. The Kier molecular flexibility index (Phi) is 9.10. The summed E-state index contributed by atoms with van der Waals surface area (Å²) in [7, 11) is 0. The monoisotopic (exact) mass is 416 g/mol. The molecule has 1 aromatic heterocycles. The number of nitrogens with one attached hydrogen (secondary N) is 1. The number of ether oxygens (including phenoxy) is 1. The molecule has 7 heteroatoms. The van der Waals surface area contributed by atoms with Crippen LogP contribution in [0.2, 0.25) is 0 Å². The summed E-state index contributed by atoms with van der Waals surface area (Å²) in [5, 5.41) is 3.46.